The number of carbonyl (C=O) groups is 1. The fourth-order valence-electron chi connectivity index (χ4n) is 4.33. The summed E-state index contributed by atoms with van der Waals surface area (Å²) in [5.41, 5.74) is 1.36. The van der Waals surface area contributed by atoms with Gasteiger partial charge >= 0.3 is 0 Å². The molecule has 0 aromatic carbocycles. The molecule has 0 radical (unpaired) electrons. The summed E-state index contributed by atoms with van der Waals surface area (Å²) in [6.45, 7) is 16.3. The summed E-state index contributed by atoms with van der Waals surface area (Å²) < 4.78 is 5.89. The summed E-state index contributed by atoms with van der Waals surface area (Å²) in [5, 5.41) is 3.22. The number of ether oxygens (including phenoxy) is 1. The van der Waals surface area contributed by atoms with Crippen molar-refractivity contribution in [2.24, 2.45) is 23.2 Å². The molecule has 1 rings (SSSR count). The molecule has 1 saturated carbocycles. The summed E-state index contributed by atoms with van der Waals surface area (Å²) in [4.78, 5) is 13.1. The van der Waals surface area contributed by atoms with Crippen LogP contribution in [0.2, 0.25) is 0 Å². The van der Waals surface area contributed by atoms with Crippen molar-refractivity contribution >= 4 is 5.91 Å². The predicted octanol–water partition coefficient (Wildman–Crippen LogP) is 5.52. The Morgan fingerprint density at radius 2 is 2.00 bits per heavy atom. The van der Waals surface area contributed by atoms with Crippen molar-refractivity contribution in [3.63, 3.8) is 0 Å². The van der Waals surface area contributed by atoms with Crippen LogP contribution in [-0.2, 0) is 9.53 Å². The predicted molar refractivity (Wildman–Crippen MR) is 111 cm³/mol. The van der Waals surface area contributed by atoms with Gasteiger partial charge in [0.15, 0.2) is 0 Å². The van der Waals surface area contributed by atoms with Gasteiger partial charge in [-0.2, -0.15) is 0 Å². The average Bonchev–Trinajstić information content (AvgIpc) is 2.74. The Morgan fingerprint density at radius 1 is 1.31 bits per heavy atom. The van der Waals surface area contributed by atoms with Crippen LogP contribution in [0, 0.1) is 23.2 Å². The van der Waals surface area contributed by atoms with Crippen molar-refractivity contribution in [1.29, 1.82) is 0 Å². The maximum absolute atomic E-state index is 13.1. The van der Waals surface area contributed by atoms with Gasteiger partial charge in [-0.25, -0.2) is 0 Å². The molecule has 0 heterocycles. The largest absolute Gasteiger partial charge is 0.372 e. The van der Waals surface area contributed by atoms with E-state index in [1.807, 2.05) is 26.8 Å². The molecule has 1 N–H and O–H groups in total. The Bertz CT molecular complexity index is 490. The first-order valence-corrected chi connectivity index (χ1v) is 10.4. The standard InChI is InChI=1S/C23H41NO2/c1-8-12-18(9-2)21(26-10-3)16-24-22(25)20-15-23(6,7)14-11-13-19(20)17(4)5/h8-9,12,17,19-21H,10-11,13-16H2,1-7H3,(H,24,25)/b12-8-,18-9+. The molecule has 3 nitrogen and oxygen atoms in total. The van der Waals surface area contributed by atoms with Crippen molar-refractivity contribution < 1.29 is 9.53 Å². The quantitative estimate of drug-likeness (QED) is 0.455. The molecule has 150 valence electrons. The highest BCUT2D eigenvalue weighted by Crippen LogP contribution is 2.42. The molecule has 0 aromatic heterocycles. The molecule has 1 aliphatic carbocycles. The molecular formula is C23H41NO2. The molecule has 0 bridgehead atoms. The van der Waals surface area contributed by atoms with Gasteiger partial charge in [-0.15, -0.1) is 0 Å². The van der Waals surface area contributed by atoms with E-state index in [1.165, 1.54) is 12.8 Å². The van der Waals surface area contributed by atoms with Crippen LogP contribution in [0.3, 0.4) is 0 Å². The lowest BCUT2D eigenvalue weighted by atomic mass is 9.75. The van der Waals surface area contributed by atoms with Crippen molar-refractivity contribution in [3.05, 3.63) is 23.8 Å². The lowest BCUT2D eigenvalue weighted by Crippen LogP contribution is -2.42. The van der Waals surface area contributed by atoms with E-state index in [-0.39, 0.29) is 23.3 Å². The van der Waals surface area contributed by atoms with E-state index in [4.69, 9.17) is 4.74 Å². The van der Waals surface area contributed by atoms with Crippen LogP contribution in [0.1, 0.15) is 74.1 Å². The Morgan fingerprint density at radius 3 is 2.54 bits per heavy atom. The number of hydrogen-bond donors (Lipinski definition) is 1. The molecule has 0 saturated heterocycles. The minimum Gasteiger partial charge on any atom is -0.372 e. The second kappa shape index (κ2) is 10.9. The smallest absolute Gasteiger partial charge is 0.223 e. The van der Waals surface area contributed by atoms with Gasteiger partial charge in [0.25, 0.3) is 0 Å². The molecule has 0 spiro atoms. The van der Waals surface area contributed by atoms with Gasteiger partial charge in [-0.05, 0) is 62.9 Å². The maximum atomic E-state index is 13.1. The molecular weight excluding hydrogens is 322 g/mol. The van der Waals surface area contributed by atoms with Gasteiger partial charge in [0.1, 0.15) is 0 Å². The van der Waals surface area contributed by atoms with Crippen LogP contribution in [0.25, 0.3) is 0 Å². The lowest BCUT2D eigenvalue weighted by Gasteiger charge is -2.32. The van der Waals surface area contributed by atoms with E-state index in [0.717, 1.165) is 18.4 Å². The van der Waals surface area contributed by atoms with Crippen molar-refractivity contribution in [3.8, 4) is 0 Å². The second-order valence-electron chi connectivity index (χ2n) is 8.75. The summed E-state index contributed by atoms with van der Waals surface area (Å²) >= 11 is 0. The van der Waals surface area contributed by atoms with Gasteiger partial charge in [0.05, 0.1) is 6.10 Å². The minimum absolute atomic E-state index is 0.0820. The highest BCUT2D eigenvalue weighted by molar-refractivity contribution is 5.79. The molecule has 1 aliphatic rings. The first-order valence-electron chi connectivity index (χ1n) is 10.4. The first-order chi connectivity index (χ1) is 12.3. The zero-order chi connectivity index (χ0) is 19.7. The van der Waals surface area contributed by atoms with Crippen LogP contribution in [-0.4, -0.2) is 25.2 Å². The number of nitrogens with one attached hydrogen (secondary N) is 1. The van der Waals surface area contributed by atoms with E-state index in [0.29, 0.717) is 25.0 Å². The molecule has 26 heavy (non-hydrogen) atoms. The van der Waals surface area contributed by atoms with Crippen molar-refractivity contribution in [2.75, 3.05) is 13.2 Å². The number of carbonyl (C=O) groups excluding carboxylic acids is 1. The summed E-state index contributed by atoms with van der Waals surface area (Å²) in [5.74, 6) is 1.32. The number of amides is 1. The minimum atomic E-state index is -0.0820. The summed E-state index contributed by atoms with van der Waals surface area (Å²) in [6.07, 6.45) is 10.7. The fraction of sp³-hybridized carbons (Fsp3) is 0.783. The number of hydrogen-bond acceptors (Lipinski definition) is 2. The number of rotatable bonds is 8. The average molecular weight is 364 g/mol. The molecule has 1 fully saturated rings. The zero-order valence-electron chi connectivity index (χ0n) is 18.1. The topological polar surface area (TPSA) is 38.3 Å². The lowest BCUT2D eigenvalue weighted by molar-refractivity contribution is -0.128. The Kier molecular flexibility index (Phi) is 9.63. The molecule has 3 atom stereocenters. The molecule has 0 aliphatic heterocycles. The van der Waals surface area contributed by atoms with Gasteiger partial charge in [-0.3, -0.25) is 4.79 Å². The highest BCUT2D eigenvalue weighted by atomic mass is 16.5. The van der Waals surface area contributed by atoms with E-state index in [1.54, 1.807) is 0 Å². The molecule has 1 amide bonds. The van der Waals surface area contributed by atoms with E-state index >= 15 is 0 Å². The zero-order valence-corrected chi connectivity index (χ0v) is 18.1. The fourth-order valence-corrected chi connectivity index (χ4v) is 4.33. The van der Waals surface area contributed by atoms with Crippen LogP contribution in [0.15, 0.2) is 23.8 Å². The summed E-state index contributed by atoms with van der Waals surface area (Å²) in [7, 11) is 0. The summed E-state index contributed by atoms with van der Waals surface area (Å²) in [6, 6.07) is 0. The third kappa shape index (κ3) is 6.90. The van der Waals surface area contributed by atoms with Crippen molar-refractivity contribution in [1.82, 2.24) is 5.32 Å². The van der Waals surface area contributed by atoms with Crippen molar-refractivity contribution in [2.45, 2.75) is 80.3 Å². The van der Waals surface area contributed by atoms with Crippen LogP contribution in [0.4, 0.5) is 0 Å². The Hall–Kier alpha value is -1.09. The van der Waals surface area contributed by atoms with Crippen LogP contribution < -0.4 is 5.32 Å². The molecule has 3 unspecified atom stereocenters. The first kappa shape index (κ1) is 23.0. The van der Waals surface area contributed by atoms with Crippen LogP contribution >= 0.6 is 0 Å². The molecule has 3 heteroatoms. The molecule has 0 aromatic rings. The Labute approximate surface area is 161 Å². The van der Waals surface area contributed by atoms with Gasteiger partial charge in [0, 0.05) is 19.1 Å². The third-order valence-corrected chi connectivity index (χ3v) is 5.77. The normalized spacial score (nSPS) is 25.3. The van der Waals surface area contributed by atoms with Crippen LogP contribution in [0.5, 0.6) is 0 Å². The van der Waals surface area contributed by atoms with E-state index in [9.17, 15) is 4.79 Å². The highest BCUT2D eigenvalue weighted by Gasteiger charge is 2.37. The van der Waals surface area contributed by atoms with Gasteiger partial charge in [0.2, 0.25) is 5.91 Å². The van der Waals surface area contributed by atoms with E-state index < -0.39 is 0 Å². The van der Waals surface area contributed by atoms with Gasteiger partial charge < -0.3 is 10.1 Å². The second-order valence-corrected chi connectivity index (χ2v) is 8.75. The maximum Gasteiger partial charge on any atom is 0.223 e. The number of allylic oxidation sites excluding steroid dienone is 2. The SMILES string of the molecule is C/C=C\C(=C/C)C(CNC(=O)C1CC(C)(C)CCCC1C(C)C)OCC. The third-order valence-electron chi connectivity index (χ3n) is 5.77. The van der Waals surface area contributed by atoms with Gasteiger partial charge in [-0.1, -0.05) is 52.3 Å². The Balaban J connectivity index is 2.86. The van der Waals surface area contributed by atoms with E-state index in [2.05, 4.69) is 45.2 Å². The monoisotopic (exact) mass is 363 g/mol.